The number of fused-ring (bicyclic) bond motifs is 1. The van der Waals surface area contributed by atoms with Crippen LogP contribution in [0.25, 0.3) is 11.2 Å². The van der Waals surface area contributed by atoms with Crippen LogP contribution in [0.4, 0.5) is 5.95 Å². The molecule has 3 unspecified atom stereocenters. The fourth-order valence-electron chi connectivity index (χ4n) is 2.32. The lowest BCUT2D eigenvalue weighted by atomic mass is 10.0. The third kappa shape index (κ3) is 2.14. The van der Waals surface area contributed by atoms with E-state index in [4.69, 9.17) is 15.6 Å². The summed E-state index contributed by atoms with van der Waals surface area (Å²) < 4.78 is 7.26. The highest BCUT2D eigenvalue weighted by Gasteiger charge is 2.31. The Kier molecular flexibility index (Phi) is 3.05. The summed E-state index contributed by atoms with van der Waals surface area (Å²) in [6.45, 7) is 0.200. The van der Waals surface area contributed by atoms with Crippen molar-refractivity contribution in [1.82, 2.24) is 19.5 Å². The van der Waals surface area contributed by atoms with E-state index in [2.05, 4.69) is 15.0 Å². The Morgan fingerprint density at radius 1 is 1.47 bits per heavy atom. The third-order valence-electron chi connectivity index (χ3n) is 3.35. The summed E-state index contributed by atoms with van der Waals surface area (Å²) in [7, 11) is 0. The van der Waals surface area contributed by atoms with Crippen molar-refractivity contribution in [2.24, 2.45) is 0 Å². The van der Waals surface area contributed by atoms with Gasteiger partial charge in [0, 0.05) is 0 Å². The predicted molar refractivity (Wildman–Crippen MR) is 66.2 cm³/mol. The standard InChI is InChI=1S/C11H15N5O3/c12-11-13-2-7-10(15-11)16(5-14-7)6-1-8(18)9(3-17)19-4-6/h2,5-6,8-9,17-18H,1,3-4H2,(H2,12,13,15). The first-order valence-electron chi connectivity index (χ1n) is 6.04. The highest BCUT2D eigenvalue weighted by Crippen LogP contribution is 2.26. The number of nitrogens with zero attached hydrogens (tertiary/aromatic N) is 4. The second-order valence-electron chi connectivity index (χ2n) is 4.60. The molecule has 0 aromatic carbocycles. The van der Waals surface area contributed by atoms with Gasteiger partial charge in [0.25, 0.3) is 0 Å². The summed E-state index contributed by atoms with van der Waals surface area (Å²) in [5.41, 5.74) is 6.84. The monoisotopic (exact) mass is 265 g/mol. The van der Waals surface area contributed by atoms with Gasteiger partial charge in [0.05, 0.1) is 37.9 Å². The number of rotatable bonds is 2. The topological polar surface area (TPSA) is 119 Å². The molecule has 8 nitrogen and oxygen atoms in total. The largest absolute Gasteiger partial charge is 0.394 e. The molecule has 1 aliphatic rings. The van der Waals surface area contributed by atoms with Gasteiger partial charge in [-0.2, -0.15) is 4.98 Å². The summed E-state index contributed by atoms with van der Waals surface area (Å²) in [6, 6.07) is -0.0860. The number of hydrogen-bond acceptors (Lipinski definition) is 7. The highest BCUT2D eigenvalue weighted by molar-refractivity contribution is 5.70. The van der Waals surface area contributed by atoms with Crippen molar-refractivity contribution >= 4 is 17.1 Å². The molecular weight excluding hydrogens is 250 g/mol. The zero-order chi connectivity index (χ0) is 13.4. The molecule has 1 aliphatic heterocycles. The van der Waals surface area contributed by atoms with Crippen LogP contribution in [0.15, 0.2) is 12.5 Å². The predicted octanol–water partition coefficient (Wildman–Crippen LogP) is -0.908. The first-order valence-corrected chi connectivity index (χ1v) is 6.04. The maximum absolute atomic E-state index is 9.89. The van der Waals surface area contributed by atoms with Crippen molar-refractivity contribution in [2.45, 2.75) is 24.7 Å². The quantitative estimate of drug-likeness (QED) is 0.643. The third-order valence-corrected chi connectivity index (χ3v) is 3.35. The van der Waals surface area contributed by atoms with E-state index in [-0.39, 0.29) is 18.6 Å². The molecule has 0 saturated carbocycles. The maximum atomic E-state index is 9.89. The van der Waals surface area contributed by atoms with Crippen molar-refractivity contribution in [2.75, 3.05) is 18.9 Å². The van der Waals surface area contributed by atoms with E-state index in [9.17, 15) is 5.11 Å². The van der Waals surface area contributed by atoms with Crippen molar-refractivity contribution in [3.63, 3.8) is 0 Å². The van der Waals surface area contributed by atoms with Crippen LogP contribution < -0.4 is 5.73 Å². The summed E-state index contributed by atoms with van der Waals surface area (Å²) in [5.74, 6) is 0.180. The van der Waals surface area contributed by atoms with Gasteiger partial charge >= 0.3 is 0 Å². The lowest BCUT2D eigenvalue weighted by Crippen LogP contribution is -2.41. The van der Waals surface area contributed by atoms with Crippen LogP contribution in [0, 0.1) is 0 Å². The van der Waals surface area contributed by atoms with Gasteiger partial charge in [-0.15, -0.1) is 0 Å². The smallest absolute Gasteiger partial charge is 0.222 e. The van der Waals surface area contributed by atoms with Crippen molar-refractivity contribution in [3.05, 3.63) is 12.5 Å². The number of imidazole rings is 1. The normalized spacial score (nSPS) is 27.8. The van der Waals surface area contributed by atoms with Crippen LogP contribution >= 0.6 is 0 Å². The molecular formula is C11H15N5O3. The van der Waals surface area contributed by atoms with Crippen LogP contribution in [0.3, 0.4) is 0 Å². The van der Waals surface area contributed by atoms with E-state index >= 15 is 0 Å². The van der Waals surface area contributed by atoms with E-state index in [1.807, 2.05) is 4.57 Å². The zero-order valence-corrected chi connectivity index (χ0v) is 10.2. The second kappa shape index (κ2) is 4.72. The van der Waals surface area contributed by atoms with Crippen LogP contribution in [-0.4, -0.2) is 55.2 Å². The van der Waals surface area contributed by atoms with Gasteiger partial charge in [-0.25, -0.2) is 9.97 Å². The maximum Gasteiger partial charge on any atom is 0.222 e. The van der Waals surface area contributed by atoms with Crippen molar-refractivity contribution in [1.29, 1.82) is 0 Å². The van der Waals surface area contributed by atoms with E-state index in [1.54, 1.807) is 12.5 Å². The Morgan fingerprint density at radius 3 is 3.05 bits per heavy atom. The molecule has 1 fully saturated rings. The minimum Gasteiger partial charge on any atom is -0.394 e. The SMILES string of the molecule is Nc1ncc2ncn(C3COC(CO)C(O)C3)c2n1. The molecule has 19 heavy (non-hydrogen) atoms. The van der Waals surface area contributed by atoms with Gasteiger partial charge in [0.15, 0.2) is 5.65 Å². The summed E-state index contributed by atoms with van der Waals surface area (Å²) in [4.78, 5) is 12.2. The van der Waals surface area contributed by atoms with Gasteiger partial charge in [0.2, 0.25) is 5.95 Å². The van der Waals surface area contributed by atoms with Gasteiger partial charge in [0.1, 0.15) is 11.6 Å². The summed E-state index contributed by atoms with van der Waals surface area (Å²) in [6.07, 6.45) is 2.44. The Hall–Kier alpha value is -1.77. The Labute approximate surface area is 108 Å². The first-order chi connectivity index (χ1) is 9.19. The number of hydrogen-bond donors (Lipinski definition) is 3. The molecule has 3 rings (SSSR count). The fraction of sp³-hybridized carbons (Fsp3) is 0.545. The van der Waals surface area contributed by atoms with Crippen molar-refractivity contribution < 1.29 is 14.9 Å². The van der Waals surface area contributed by atoms with Crippen LogP contribution in [0.1, 0.15) is 12.5 Å². The Morgan fingerprint density at radius 2 is 2.32 bits per heavy atom. The average Bonchev–Trinajstić information content (AvgIpc) is 2.81. The van der Waals surface area contributed by atoms with Gasteiger partial charge in [-0.05, 0) is 6.42 Å². The molecule has 4 N–H and O–H groups in total. The van der Waals surface area contributed by atoms with Gasteiger partial charge in [-0.1, -0.05) is 0 Å². The lowest BCUT2D eigenvalue weighted by molar-refractivity contribution is -0.112. The number of nitrogens with two attached hydrogens (primary N) is 1. The summed E-state index contributed by atoms with van der Waals surface area (Å²) in [5, 5.41) is 18.9. The lowest BCUT2D eigenvalue weighted by Gasteiger charge is -2.32. The number of nitrogen functional groups attached to an aromatic ring is 1. The van der Waals surface area contributed by atoms with E-state index in [1.165, 1.54) is 0 Å². The minimum atomic E-state index is -0.708. The summed E-state index contributed by atoms with van der Waals surface area (Å²) >= 11 is 0. The highest BCUT2D eigenvalue weighted by atomic mass is 16.5. The molecule has 0 aliphatic carbocycles. The molecule has 3 atom stereocenters. The molecule has 8 heteroatoms. The molecule has 102 valence electrons. The van der Waals surface area contributed by atoms with Crippen molar-refractivity contribution in [3.8, 4) is 0 Å². The van der Waals surface area contributed by atoms with E-state index < -0.39 is 12.2 Å². The number of aliphatic hydroxyl groups excluding tert-OH is 2. The first kappa shape index (κ1) is 12.3. The van der Waals surface area contributed by atoms with Gasteiger partial charge in [-0.3, -0.25) is 0 Å². The van der Waals surface area contributed by atoms with Crippen LogP contribution in [0.5, 0.6) is 0 Å². The number of anilines is 1. The van der Waals surface area contributed by atoms with Crippen LogP contribution in [-0.2, 0) is 4.74 Å². The fourth-order valence-corrected chi connectivity index (χ4v) is 2.32. The van der Waals surface area contributed by atoms with Crippen LogP contribution in [0.2, 0.25) is 0 Å². The van der Waals surface area contributed by atoms with E-state index in [0.717, 1.165) is 0 Å². The Bertz CT molecular complexity index is 587. The van der Waals surface area contributed by atoms with Gasteiger partial charge < -0.3 is 25.3 Å². The molecule has 3 heterocycles. The molecule has 1 saturated heterocycles. The Balaban J connectivity index is 1.91. The molecule has 0 amide bonds. The molecule has 0 spiro atoms. The minimum absolute atomic E-state index is 0.0860. The molecule has 2 aromatic rings. The number of ether oxygens (including phenoxy) is 1. The molecule has 0 radical (unpaired) electrons. The molecule has 2 aromatic heterocycles. The number of aromatic nitrogens is 4. The second-order valence-corrected chi connectivity index (χ2v) is 4.60. The average molecular weight is 265 g/mol. The van der Waals surface area contributed by atoms with E-state index in [0.29, 0.717) is 24.2 Å². The molecule has 0 bridgehead atoms. The number of aliphatic hydroxyl groups is 2. The zero-order valence-electron chi connectivity index (χ0n) is 10.2.